The topological polar surface area (TPSA) is 57.2 Å². The molecule has 0 saturated carbocycles. The van der Waals surface area contributed by atoms with E-state index < -0.39 is 0 Å². The molecule has 0 fully saturated rings. The number of fused-ring (bicyclic) bond motifs is 1. The summed E-state index contributed by atoms with van der Waals surface area (Å²) >= 11 is 0. The van der Waals surface area contributed by atoms with E-state index in [1.807, 2.05) is 24.3 Å². The molecule has 0 spiro atoms. The van der Waals surface area contributed by atoms with Gasteiger partial charge in [0.1, 0.15) is 11.9 Å². The second-order valence-electron chi connectivity index (χ2n) is 4.36. The Bertz CT molecular complexity index is 542. The van der Waals surface area contributed by atoms with Gasteiger partial charge in [0, 0.05) is 30.2 Å². The van der Waals surface area contributed by atoms with Gasteiger partial charge in [0.25, 0.3) is 0 Å². The SMILES string of the molecule is Oc1cccc2c1CCNC2Nc1ccncc1. The van der Waals surface area contributed by atoms with Crippen LogP contribution >= 0.6 is 0 Å². The fourth-order valence-electron chi connectivity index (χ4n) is 2.33. The quantitative estimate of drug-likeness (QED) is 0.753. The number of rotatable bonds is 2. The van der Waals surface area contributed by atoms with Crippen molar-refractivity contribution in [1.29, 1.82) is 0 Å². The number of nitrogens with one attached hydrogen (secondary N) is 2. The van der Waals surface area contributed by atoms with E-state index >= 15 is 0 Å². The van der Waals surface area contributed by atoms with Crippen LogP contribution in [0.2, 0.25) is 0 Å². The van der Waals surface area contributed by atoms with E-state index in [1.54, 1.807) is 18.5 Å². The highest BCUT2D eigenvalue weighted by atomic mass is 16.3. The number of aromatic hydroxyl groups is 1. The summed E-state index contributed by atoms with van der Waals surface area (Å²) in [4.78, 5) is 4.00. The molecule has 0 aliphatic carbocycles. The average molecular weight is 241 g/mol. The molecule has 1 unspecified atom stereocenters. The molecule has 4 nitrogen and oxygen atoms in total. The van der Waals surface area contributed by atoms with E-state index in [2.05, 4.69) is 15.6 Å². The number of anilines is 1. The Balaban J connectivity index is 1.90. The Kier molecular flexibility index (Phi) is 2.86. The van der Waals surface area contributed by atoms with Crippen LogP contribution in [-0.4, -0.2) is 16.6 Å². The van der Waals surface area contributed by atoms with Crippen LogP contribution in [0, 0.1) is 0 Å². The summed E-state index contributed by atoms with van der Waals surface area (Å²) < 4.78 is 0. The minimum absolute atomic E-state index is 0.0308. The lowest BCUT2D eigenvalue weighted by atomic mass is 9.97. The van der Waals surface area contributed by atoms with Crippen LogP contribution in [0.4, 0.5) is 5.69 Å². The number of nitrogens with zero attached hydrogens (tertiary/aromatic N) is 1. The van der Waals surface area contributed by atoms with Crippen molar-refractivity contribution in [1.82, 2.24) is 10.3 Å². The summed E-state index contributed by atoms with van der Waals surface area (Å²) in [6.07, 6.45) is 4.41. The standard InChI is InChI=1S/C14H15N3O/c18-13-3-1-2-12-11(13)6-9-16-14(12)17-10-4-7-15-8-5-10/h1-5,7-8,14,16,18H,6,9H2,(H,15,17). The first-order valence-corrected chi connectivity index (χ1v) is 6.05. The van der Waals surface area contributed by atoms with Crippen molar-refractivity contribution in [2.75, 3.05) is 11.9 Å². The number of phenolic OH excluding ortho intramolecular Hbond substituents is 1. The smallest absolute Gasteiger partial charge is 0.119 e. The van der Waals surface area contributed by atoms with Gasteiger partial charge >= 0.3 is 0 Å². The first-order chi connectivity index (χ1) is 8.84. The maximum absolute atomic E-state index is 9.87. The first-order valence-electron chi connectivity index (χ1n) is 6.05. The summed E-state index contributed by atoms with van der Waals surface area (Å²) in [6.45, 7) is 0.854. The Morgan fingerprint density at radius 2 is 2.06 bits per heavy atom. The van der Waals surface area contributed by atoms with E-state index in [4.69, 9.17) is 0 Å². The predicted octanol–water partition coefficient (Wildman–Crippen LogP) is 2.04. The maximum atomic E-state index is 9.87. The largest absolute Gasteiger partial charge is 0.508 e. The molecule has 92 valence electrons. The Hall–Kier alpha value is -2.07. The number of benzene rings is 1. The lowest BCUT2D eigenvalue weighted by Crippen LogP contribution is -2.34. The number of hydrogen-bond acceptors (Lipinski definition) is 4. The summed E-state index contributed by atoms with van der Waals surface area (Å²) in [5.41, 5.74) is 3.15. The molecule has 0 bridgehead atoms. The van der Waals surface area contributed by atoms with Crippen molar-refractivity contribution < 1.29 is 5.11 Å². The molecule has 1 aliphatic heterocycles. The number of aromatic nitrogens is 1. The summed E-state index contributed by atoms with van der Waals surface area (Å²) in [5.74, 6) is 0.385. The van der Waals surface area contributed by atoms with E-state index in [-0.39, 0.29) is 6.17 Å². The molecule has 1 atom stereocenters. The van der Waals surface area contributed by atoms with Crippen LogP contribution in [0.15, 0.2) is 42.7 Å². The minimum atomic E-state index is 0.0308. The second-order valence-corrected chi connectivity index (χ2v) is 4.36. The van der Waals surface area contributed by atoms with E-state index in [1.165, 1.54) is 0 Å². The molecule has 2 aromatic rings. The zero-order chi connectivity index (χ0) is 12.4. The summed E-state index contributed by atoms with van der Waals surface area (Å²) in [5, 5.41) is 16.7. The monoisotopic (exact) mass is 241 g/mol. The Labute approximate surface area is 106 Å². The minimum Gasteiger partial charge on any atom is -0.508 e. The van der Waals surface area contributed by atoms with Gasteiger partial charge in [0.05, 0.1) is 0 Å². The molecule has 4 heteroatoms. The summed E-state index contributed by atoms with van der Waals surface area (Å²) in [7, 11) is 0. The normalized spacial score (nSPS) is 18.1. The third-order valence-electron chi connectivity index (χ3n) is 3.21. The van der Waals surface area contributed by atoms with Crippen molar-refractivity contribution in [2.24, 2.45) is 0 Å². The highest BCUT2D eigenvalue weighted by Crippen LogP contribution is 2.30. The van der Waals surface area contributed by atoms with Crippen LogP contribution in [0.3, 0.4) is 0 Å². The predicted molar refractivity (Wildman–Crippen MR) is 70.4 cm³/mol. The van der Waals surface area contributed by atoms with Crippen LogP contribution < -0.4 is 10.6 Å². The lowest BCUT2D eigenvalue weighted by Gasteiger charge is -2.28. The van der Waals surface area contributed by atoms with Gasteiger partial charge in [0.15, 0.2) is 0 Å². The van der Waals surface area contributed by atoms with Crippen LogP contribution in [0.25, 0.3) is 0 Å². The van der Waals surface area contributed by atoms with Gasteiger partial charge in [-0.3, -0.25) is 10.3 Å². The maximum Gasteiger partial charge on any atom is 0.119 e. The molecule has 1 aromatic heterocycles. The fraction of sp³-hybridized carbons (Fsp3) is 0.214. The molecule has 2 heterocycles. The second kappa shape index (κ2) is 4.66. The van der Waals surface area contributed by atoms with Gasteiger partial charge in [-0.2, -0.15) is 0 Å². The first kappa shape index (κ1) is 11.0. The van der Waals surface area contributed by atoms with Gasteiger partial charge in [-0.15, -0.1) is 0 Å². The zero-order valence-electron chi connectivity index (χ0n) is 9.93. The Morgan fingerprint density at radius 3 is 2.89 bits per heavy atom. The lowest BCUT2D eigenvalue weighted by molar-refractivity contribution is 0.454. The van der Waals surface area contributed by atoms with Gasteiger partial charge in [-0.1, -0.05) is 12.1 Å². The number of hydrogen-bond donors (Lipinski definition) is 3. The molecule has 0 amide bonds. The number of phenols is 1. The van der Waals surface area contributed by atoms with Crippen molar-refractivity contribution in [3.8, 4) is 5.75 Å². The molecule has 3 rings (SSSR count). The average Bonchev–Trinajstić information content (AvgIpc) is 2.41. The van der Waals surface area contributed by atoms with Crippen molar-refractivity contribution in [3.63, 3.8) is 0 Å². The Morgan fingerprint density at radius 1 is 1.22 bits per heavy atom. The van der Waals surface area contributed by atoms with E-state index in [0.29, 0.717) is 5.75 Å². The molecular formula is C14H15N3O. The fourth-order valence-corrected chi connectivity index (χ4v) is 2.33. The van der Waals surface area contributed by atoms with Gasteiger partial charge in [-0.25, -0.2) is 0 Å². The molecule has 18 heavy (non-hydrogen) atoms. The van der Waals surface area contributed by atoms with Gasteiger partial charge < -0.3 is 10.4 Å². The van der Waals surface area contributed by atoms with Gasteiger partial charge in [0.2, 0.25) is 0 Å². The third-order valence-corrected chi connectivity index (χ3v) is 3.21. The molecule has 0 saturated heterocycles. The van der Waals surface area contributed by atoms with Gasteiger partial charge in [-0.05, 0) is 30.2 Å². The third kappa shape index (κ3) is 2.02. The highest BCUT2D eigenvalue weighted by molar-refractivity contribution is 5.48. The zero-order valence-corrected chi connectivity index (χ0v) is 9.93. The molecule has 0 radical (unpaired) electrons. The van der Waals surface area contributed by atoms with E-state index in [9.17, 15) is 5.11 Å². The van der Waals surface area contributed by atoms with Crippen molar-refractivity contribution in [2.45, 2.75) is 12.6 Å². The summed E-state index contributed by atoms with van der Waals surface area (Å²) in [6, 6.07) is 9.52. The highest BCUT2D eigenvalue weighted by Gasteiger charge is 2.21. The molecular weight excluding hydrogens is 226 g/mol. The molecule has 1 aromatic carbocycles. The molecule has 3 N–H and O–H groups in total. The van der Waals surface area contributed by atoms with Crippen LogP contribution in [0.1, 0.15) is 17.3 Å². The number of pyridine rings is 1. The van der Waals surface area contributed by atoms with Crippen LogP contribution in [-0.2, 0) is 6.42 Å². The van der Waals surface area contributed by atoms with E-state index in [0.717, 1.165) is 29.8 Å². The van der Waals surface area contributed by atoms with Crippen molar-refractivity contribution >= 4 is 5.69 Å². The van der Waals surface area contributed by atoms with Crippen LogP contribution in [0.5, 0.6) is 5.75 Å². The van der Waals surface area contributed by atoms with Crippen molar-refractivity contribution in [3.05, 3.63) is 53.9 Å². The molecule has 1 aliphatic rings.